The molecule has 2 aliphatic heterocycles. The first-order chi connectivity index (χ1) is 13.5. The summed E-state index contributed by atoms with van der Waals surface area (Å²) in [5.41, 5.74) is 3.13. The second kappa shape index (κ2) is 7.75. The highest BCUT2D eigenvalue weighted by atomic mass is 16.2. The lowest BCUT2D eigenvalue weighted by Gasteiger charge is -2.27. The van der Waals surface area contributed by atoms with Crippen molar-refractivity contribution < 1.29 is 9.59 Å². The molecule has 3 heterocycles. The second-order valence-electron chi connectivity index (χ2n) is 7.69. The van der Waals surface area contributed by atoms with Crippen LogP contribution in [-0.2, 0) is 20.1 Å². The number of hydrogen-bond donors (Lipinski definition) is 1. The van der Waals surface area contributed by atoms with E-state index in [1.807, 2.05) is 30.3 Å². The van der Waals surface area contributed by atoms with Gasteiger partial charge in [0.15, 0.2) is 0 Å². The summed E-state index contributed by atoms with van der Waals surface area (Å²) in [6.45, 7) is 6.15. The van der Waals surface area contributed by atoms with Crippen molar-refractivity contribution in [1.82, 2.24) is 24.9 Å². The van der Waals surface area contributed by atoms with Crippen molar-refractivity contribution in [2.45, 2.75) is 38.9 Å². The Hall–Kier alpha value is -2.67. The van der Waals surface area contributed by atoms with Crippen LogP contribution in [0.3, 0.4) is 0 Å². The number of benzene rings is 1. The Morgan fingerprint density at radius 2 is 2.21 bits per heavy atom. The number of likely N-dealkylation sites (N-methyl/N-ethyl adjacent to an activating group) is 1. The van der Waals surface area contributed by atoms with E-state index in [1.54, 1.807) is 16.9 Å². The largest absolute Gasteiger partial charge is 0.348 e. The molecule has 1 unspecified atom stereocenters. The van der Waals surface area contributed by atoms with Crippen LogP contribution in [0, 0.1) is 0 Å². The minimum Gasteiger partial charge on any atom is -0.348 e. The van der Waals surface area contributed by atoms with Gasteiger partial charge >= 0.3 is 0 Å². The van der Waals surface area contributed by atoms with E-state index in [0.717, 1.165) is 37.2 Å². The first-order valence-corrected chi connectivity index (χ1v) is 9.97. The quantitative estimate of drug-likeness (QED) is 0.828. The molecule has 2 amide bonds. The van der Waals surface area contributed by atoms with Crippen molar-refractivity contribution >= 4 is 11.8 Å². The topological polar surface area (TPSA) is 70.5 Å². The summed E-state index contributed by atoms with van der Waals surface area (Å²) in [7, 11) is 1.84. The average Bonchev–Trinajstić information content (AvgIpc) is 3.40. The van der Waals surface area contributed by atoms with Crippen LogP contribution in [0.25, 0.3) is 0 Å². The molecule has 148 valence electrons. The van der Waals surface area contributed by atoms with Crippen molar-refractivity contribution in [3.8, 4) is 0 Å². The normalized spacial score (nSPS) is 19.3. The summed E-state index contributed by atoms with van der Waals surface area (Å²) >= 11 is 0. The van der Waals surface area contributed by atoms with E-state index < -0.39 is 0 Å². The van der Waals surface area contributed by atoms with Gasteiger partial charge in [-0.25, -0.2) is 0 Å². The Morgan fingerprint density at radius 3 is 2.96 bits per heavy atom. The van der Waals surface area contributed by atoms with E-state index >= 15 is 0 Å². The molecule has 0 spiro atoms. The zero-order chi connectivity index (χ0) is 19.7. The van der Waals surface area contributed by atoms with Crippen molar-refractivity contribution in [3.05, 3.63) is 52.8 Å². The molecule has 2 aliphatic rings. The number of aryl methyl sites for hydroxylation is 1. The molecule has 1 aromatic heterocycles. The molecule has 4 rings (SSSR count). The fourth-order valence-corrected chi connectivity index (χ4v) is 4.27. The minimum atomic E-state index is -0.175. The third-order valence-corrected chi connectivity index (χ3v) is 5.80. The van der Waals surface area contributed by atoms with Crippen LogP contribution in [0.15, 0.2) is 30.6 Å². The molecular formula is C21H27N5O2. The van der Waals surface area contributed by atoms with Crippen LogP contribution in [0.5, 0.6) is 0 Å². The summed E-state index contributed by atoms with van der Waals surface area (Å²) < 4.78 is 1.70. The van der Waals surface area contributed by atoms with Gasteiger partial charge in [-0.15, -0.1) is 0 Å². The van der Waals surface area contributed by atoms with E-state index in [0.29, 0.717) is 30.3 Å². The lowest BCUT2D eigenvalue weighted by Crippen LogP contribution is -2.40. The number of nitrogens with zero attached hydrogens (tertiary/aromatic N) is 4. The maximum atomic E-state index is 12.9. The fourth-order valence-electron chi connectivity index (χ4n) is 4.27. The van der Waals surface area contributed by atoms with Gasteiger partial charge in [0.1, 0.15) is 0 Å². The Balaban J connectivity index is 1.41. The molecule has 7 heteroatoms. The van der Waals surface area contributed by atoms with Crippen LogP contribution in [-0.4, -0.2) is 57.1 Å². The lowest BCUT2D eigenvalue weighted by molar-refractivity contribution is 0.0731. The highest BCUT2D eigenvalue weighted by molar-refractivity contribution is 6.02. The number of amides is 2. The number of aromatic nitrogens is 2. The number of fused-ring (bicyclic) bond motifs is 1. The van der Waals surface area contributed by atoms with Gasteiger partial charge in [-0.05, 0) is 43.6 Å². The fraction of sp³-hybridized carbons (Fsp3) is 0.476. The standard InChI is InChI=1S/C21H27N5O2/c1-3-25-8-4-5-18(25)14-26-13-17-7-6-16(9-19(17)21(26)28)20(27)22-10-15-11-23-24(2)12-15/h6-7,9,11-12,18H,3-5,8,10,13-14H2,1-2H3,(H,22,27). The maximum Gasteiger partial charge on any atom is 0.254 e. The number of carbonyl (C=O) groups excluding carboxylic acids is 2. The highest BCUT2D eigenvalue weighted by Gasteiger charge is 2.32. The van der Waals surface area contributed by atoms with E-state index in [2.05, 4.69) is 22.2 Å². The Bertz CT molecular complexity index is 891. The average molecular weight is 381 g/mol. The maximum absolute atomic E-state index is 12.9. The summed E-state index contributed by atoms with van der Waals surface area (Å²) in [6, 6.07) is 5.91. The molecule has 1 atom stereocenters. The molecule has 0 aliphatic carbocycles. The second-order valence-corrected chi connectivity index (χ2v) is 7.69. The van der Waals surface area contributed by atoms with Crippen LogP contribution in [0.2, 0.25) is 0 Å². The molecule has 0 bridgehead atoms. The third kappa shape index (κ3) is 3.67. The van der Waals surface area contributed by atoms with Gasteiger partial charge in [0.2, 0.25) is 0 Å². The molecule has 1 N–H and O–H groups in total. The van der Waals surface area contributed by atoms with Gasteiger partial charge in [0.25, 0.3) is 11.8 Å². The van der Waals surface area contributed by atoms with Crippen LogP contribution in [0.1, 0.15) is 51.6 Å². The van der Waals surface area contributed by atoms with Crippen LogP contribution < -0.4 is 5.32 Å². The van der Waals surface area contributed by atoms with Crippen molar-refractivity contribution in [2.24, 2.45) is 7.05 Å². The molecule has 7 nitrogen and oxygen atoms in total. The molecule has 0 saturated carbocycles. The van der Waals surface area contributed by atoms with E-state index in [4.69, 9.17) is 0 Å². The minimum absolute atomic E-state index is 0.0415. The van der Waals surface area contributed by atoms with E-state index in [9.17, 15) is 9.59 Å². The Labute approximate surface area is 165 Å². The Morgan fingerprint density at radius 1 is 1.36 bits per heavy atom. The number of rotatable bonds is 6. The SMILES string of the molecule is CCN1CCCC1CN1Cc2ccc(C(=O)NCc3cnn(C)c3)cc2C1=O. The number of likely N-dealkylation sites (tertiary alicyclic amines) is 1. The molecule has 1 saturated heterocycles. The van der Waals surface area contributed by atoms with Crippen LogP contribution >= 0.6 is 0 Å². The number of carbonyl (C=O) groups is 2. The molecule has 0 radical (unpaired) electrons. The van der Waals surface area contributed by atoms with Crippen molar-refractivity contribution in [1.29, 1.82) is 0 Å². The smallest absolute Gasteiger partial charge is 0.254 e. The third-order valence-electron chi connectivity index (χ3n) is 5.80. The van der Waals surface area contributed by atoms with E-state index in [-0.39, 0.29) is 11.8 Å². The summed E-state index contributed by atoms with van der Waals surface area (Å²) in [5.74, 6) is -0.134. The predicted octanol–water partition coefficient (Wildman–Crippen LogP) is 1.79. The van der Waals surface area contributed by atoms with Gasteiger partial charge in [-0.3, -0.25) is 19.2 Å². The molecule has 1 fully saturated rings. The van der Waals surface area contributed by atoms with Gasteiger partial charge in [0, 0.05) is 55.6 Å². The Kier molecular flexibility index (Phi) is 5.17. The van der Waals surface area contributed by atoms with Gasteiger partial charge in [-0.1, -0.05) is 13.0 Å². The lowest BCUT2D eigenvalue weighted by atomic mass is 10.1. The number of nitrogens with one attached hydrogen (secondary N) is 1. The van der Waals surface area contributed by atoms with Gasteiger partial charge in [-0.2, -0.15) is 5.10 Å². The zero-order valence-corrected chi connectivity index (χ0v) is 16.5. The molecule has 28 heavy (non-hydrogen) atoms. The van der Waals surface area contributed by atoms with Crippen molar-refractivity contribution in [3.63, 3.8) is 0 Å². The molecule has 1 aromatic carbocycles. The van der Waals surface area contributed by atoms with Crippen LogP contribution in [0.4, 0.5) is 0 Å². The zero-order valence-electron chi connectivity index (χ0n) is 16.5. The molecule has 2 aromatic rings. The van der Waals surface area contributed by atoms with E-state index in [1.165, 1.54) is 6.42 Å². The van der Waals surface area contributed by atoms with Crippen molar-refractivity contribution in [2.75, 3.05) is 19.6 Å². The first kappa shape index (κ1) is 18.7. The number of hydrogen-bond acceptors (Lipinski definition) is 4. The first-order valence-electron chi connectivity index (χ1n) is 9.97. The highest BCUT2D eigenvalue weighted by Crippen LogP contribution is 2.26. The predicted molar refractivity (Wildman–Crippen MR) is 106 cm³/mol. The monoisotopic (exact) mass is 381 g/mol. The summed E-state index contributed by atoms with van der Waals surface area (Å²) in [4.78, 5) is 29.8. The summed E-state index contributed by atoms with van der Waals surface area (Å²) in [5, 5.41) is 6.99. The van der Waals surface area contributed by atoms with Gasteiger partial charge < -0.3 is 10.2 Å². The van der Waals surface area contributed by atoms with Gasteiger partial charge in [0.05, 0.1) is 6.20 Å². The molecular weight excluding hydrogens is 354 g/mol. The summed E-state index contributed by atoms with van der Waals surface area (Å²) in [6.07, 6.45) is 5.95.